The largest absolute Gasteiger partial charge is 0.340 e. The molecule has 1 aliphatic rings. The van der Waals surface area contributed by atoms with E-state index in [9.17, 15) is 14.0 Å². The van der Waals surface area contributed by atoms with Gasteiger partial charge in [-0.15, -0.1) is 0 Å². The van der Waals surface area contributed by atoms with Crippen LogP contribution in [-0.4, -0.2) is 41.4 Å². The van der Waals surface area contributed by atoms with Crippen LogP contribution in [0.1, 0.15) is 36.9 Å². The second-order valence-electron chi connectivity index (χ2n) is 7.52. The molecule has 0 saturated carbocycles. The minimum atomic E-state index is -0.534. The van der Waals surface area contributed by atoms with Crippen LogP contribution in [0, 0.1) is 5.82 Å². The van der Waals surface area contributed by atoms with Gasteiger partial charge in [0.15, 0.2) is 0 Å². The van der Waals surface area contributed by atoms with Crippen molar-refractivity contribution in [2.75, 3.05) is 13.6 Å². The second kappa shape index (κ2) is 9.67. The van der Waals surface area contributed by atoms with E-state index in [4.69, 9.17) is 23.2 Å². The summed E-state index contributed by atoms with van der Waals surface area (Å²) >= 11 is 11.6. The molecule has 1 saturated heterocycles. The smallest absolute Gasteiger partial charge is 0.318 e. The SMILES string of the molecule is CC(NC(=O)N1CCC[C@@H]1C(=O)N(C)Cc1ccc(Cl)cc1)c1ccc(Cl)c(F)c1. The Kier molecular flexibility index (Phi) is 7.21. The van der Waals surface area contributed by atoms with Crippen molar-refractivity contribution in [1.82, 2.24) is 15.1 Å². The van der Waals surface area contributed by atoms with Crippen molar-refractivity contribution in [2.24, 2.45) is 0 Å². The molecule has 5 nitrogen and oxygen atoms in total. The van der Waals surface area contributed by atoms with Crippen molar-refractivity contribution in [2.45, 2.75) is 38.4 Å². The third-order valence-corrected chi connectivity index (χ3v) is 5.85. The molecule has 1 aliphatic heterocycles. The third kappa shape index (κ3) is 5.24. The number of likely N-dealkylation sites (N-methyl/N-ethyl adjacent to an activating group) is 1. The molecule has 160 valence electrons. The van der Waals surface area contributed by atoms with E-state index in [1.165, 1.54) is 12.1 Å². The number of nitrogens with zero attached hydrogens (tertiary/aromatic N) is 2. The first-order valence-electron chi connectivity index (χ1n) is 9.77. The van der Waals surface area contributed by atoms with Crippen LogP contribution in [0.4, 0.5) is 9.18 Å². The first kappa shape index (κ1) is 22.4. The molecule has 3 amide bonds. The maximum Gasteiger partial charge on any atom is 0.318 e. The molecule has 2 aromatic rings. The number of rotatable bonds is 5. The zero-order valence-electron chi connectivity index (χ0n) is 16.9. The van der Waals surface area contributed by atoms with Gasteiger partial charge in [0.1, 0.15) is 11.9 Å². The van der Waals surface area contributed by atoms with Crippen LogP contribution in [-0.2, 0) is 11.3 Å². The molecule has 1 heterocycles. The fraction of sp³-hybridized carbons (Fsp3) is 0.364. The molecule has 2 aromatic carbocycles. The van der Waals surface area contributed by atoms with Crippen LogP contribution in [0.5, 0.6) is 0 Å². The number of amides is 3. The van der Waals surface area contributed by atoms with Crippen LogP contribution in [0.2, 0.25) is 10.0 Å². The lowest BCUT2D eigenvalue weighted by molar-refractivity contribution is -0.134. The number of likely N-dealkylation sites (tertiary alicyclic amines) is 1. The van der Waals surface area contributed by atoms with Gasteiger partial charge < -0.3 is 15.1 Å². The summed E-state index contributed by atoms with van der Waals surface area (Å²) in [5.41, 5.74) is 1.56. The standard InChI is InChI=1S/C22H24Cl2FN3O2/c1-14(16-7-10-18(24)19(25)12-16)26-22(30)28-11-3-4-20(28)21(29)27(2)13-15-5-8-17(23)9-6-15/h5-10,12,14,20H,3-4,11,13H2,1-2H3,(H,26,30)/t14?,20-/m1/s1. The predicted molar refractivity (Wildman–Crippen MR) is 116 cm³/mol. The third-order valence-electron chi connectivity index (χ3n) is 5.29. The molecule has 0 spiro atoms. The van der Waals surface area contributed by atoms with Crippen molar-refractivity contribution in [1.29, 1.82) is 0 Å². The van der Waals surface area contributed by atoms with Crippen LogP contribution in [0.25, 0.3) is 0 Å². The maximum atomic E-state index is 13.7. The molecule has 1 unspecified atom stereocenters. The average Bonchev–Trinajstić information content (AvgIpc) is 3.21. The predicted octanol–water partition coefficient (Wildman–Crippen LogP) is 5.03. The van der Waals surface area contributed by atoms with E-state index in [0.717, 1.165) is 12.0 Å². The van der Waals surface area contributed by atoms with E-state index < -0.39 is 17.9 Å². The van der Waals surface area contributed by atoms with Crippen molar-refractivity contribution >= 4 is 35.1 Å². The number of benzene rings is 2. The summed E-state index contributed by atoms with van der Waals surface area (Å²) in [4.78, 5) is 29.0. The molecular formula is C22H24Cl2FN3O2. The number of hydrogen-bond acceptors (Lipinski definition) is 2. The Hall–Kier alpha value is -2.31. The molecular weight excluding hydrogens is 428 g/mol. The summed E-state index contributed by atoms with van der Waals surface area (Å²) in [5.74, 6) is -0.642. The van der Waals surface area contributed by atoms with Gasteiger partial charge in [0, 0.05) is 25.2 Å². The zero-order chi connectivity index (χ0) is 21.8. The van der Waals surface area contributed by atoms with Gasteiger partial charge in [-0.05, 0) is 55.2 Å². The molecule has 3 rings (SSSR count). The summed E-state index contributed by atoms with van der Waals surface area (Å²) in [6.45, 7) is 2.70. The maximum absolute atomic E-state index is 13.7. The van der Waals surface area contributed by atoms with E-state index >= 15 is 0 Å². The highest BCUT2D eigenvalue weighted by atomic mass is 35.5. The van der Waals surface area contributed by atoms with E-state index in [-0.39, 0.29) is 17.0 Å². The lowest BCUT2D eigenvalue weighted by atomic mass is 10.1. The minimum absolute atomic E-state index is 0.0335. The molecule has 8 heteroatoms. The first-order valence-corrected chi connectivity index (χ1v) is 10.5. The van der Waals surface area contributed by atoms with Gasteiger partial charge in [0.2, 0.25) is 5.91 Å². The topological polar surface area (TPSA) is 52.7 Å². The van der Waals surface area contributed by atoms with Crippen molar-refractivity contribution in [3.05, 3.63) is 69.5 Å². The summed E-state index contributed by atoms with van der Waals surface area (Å²) in [6.07, 6.45) is 1.36. The van der Waals surface area contributed by atoms with Gasteiger partial charge in [-0.25, -0.2) is 9.18 Å². The Balaban J connectivity index is 1.63. The Bertz CT molecular complexity index is 923. The van der Waals surface area contributed by atoms with Gasteiger partial charge >= 0.3 is 6.03 Å². The summed E-state index contributed by atoms with van der Waals surface area (Å²) in [5, 5.41) is 3.53. The van der Waals surface area contributed by atoms with E-state index in [1.54, 1.807) is 42.0 Å². The number of carbonyl (C=O) groups is 2. The number of nitrogens with one attached hydrogen (secondary N) is 1. The van der Waals surface area contributed by atoms with Gasteiger partial charge in [0.25, 0.3) is 0 Å². The fourth-order valence-electron chi connectivity index (χ4n) is 3.60. The number of urea groups is 1. The quantitative estimate of drug-likeness (QED) is 0.692. The Morgan fingerprint density at radius 1 is 1.23 bits per heavy atom. The Morgan fingerprint density at radius 2 is 1.93 bits per heavy atom. The normalized spacial score (nSPS) is 17.0. The lowest BCUT2D eigenvalue weighted by Gasteiger charge is -2.29. The summed E-state index contributed by atoms with van der Waals surface area (Å²) in [7, 11) is 1.73. The van der Waals surface area contributed by atoms with Crippen molar-refractivity contribution in [3.8, 4) is 0 Å². The summed E-state index contributed by atoms with van der Waals surface area (Å²) < 4.78 is 13.7. The molecule has 1 N–H and O–H groups in total. The molecule has 0 bridgehead atoms. The zero-order valence-corrected chi connectivity index (χ0v) is 18.4. The van der Waals surface area contributed by atoms with Crippen LogP contribution >= 0.6 is 23.2 Å². The van der Waals surface area contributed by atoms with Crippen molar-refractivity contribution in [3.63, 3.8) is 0 Å². The van der Waals surface area contributed by atoms with Gasteiger partial charge in [-0.2, -0.15) is 0 Å². The van der Waals surface area contributed by atoms with Gasteiger partial charge in [-0.1, -0.05) is 41.4 Å². The number of carbonyl (C=O) groups excluding carboxylic acids is 2. The molecule has 0 aromatic heterocycles. The molecule has 2 atom stereocenters. The molecule has 0 aliphatic carbocycles. The van der Waals surface area contributed by atoms with E-state index in [1.807, 2.05) is 12.1 Å². The fourth-order valence-corrected chi connectivity index (χ4v) is 3.84. The Morgan fingerprint density at radius 3 is 2.60 bits per heavy atom. The highest BCUT2D eigenvalue weighted by Crippen LogP contribution is 2.23. The average molecular weight is 452 g/mol. The molecule has 1 fully saturated rings. The number of halogens is 3. The first-order chi connectivity index (χ1) is 14.3. The van der Waals surface area contributed by atoms with Crippen LogP contribution < -0.4 is 5.32 Å². The molecule has 30 heavy (non-hydrogen) atoms. The highest BCUT2D eigenvalue weighted by Gasteiger charge is 2.36. The monoisotopic (exact) mass is 451 g/mol. The lowest BCUT2D eigenvalue weighted by Crippen LogP contribution is -2.50. The highest BCUT2D eigenvalue weighted by molar-refractivity contribution is 6.30. The van der Waals surface area contributed by atoms with E-state index in [0.29, 0.717) is 30.1 Å². The van der Waals surface area contributed by atoms with Crippen LogP contribution in [0.3, 0.4) is 0 Å². The number of hydrogen-bond donors (Lipinski definition) is 1. The second-order valence-corrected chi connectivity index (χ2v) is 8.36. The van der Waals surface area contributed by atoms with Crippen molar-refractivity contribution < 1.29 is 14.0 Å². The Labute approximate surface area is 185 Å². The molecule has 0 radical (unpaired) electrons. The minimum Gasteiger partial charge on any atom is -0.340 e. The van der Waals surface area contributed by atoms with Crippen LogP contribution in [0.15, 0.2) is 42.5 Å². The van der Waals surface area contributed by atoms with Gasteiger partial charge in [0.05, 0.1) is 11.1 Å². The summed E-state index contributed by atoms with van der Waals surface area (Å²) in [6, 6.07) is 10.5. The van der Waals surface area contributed by atoms with E-state index in [2.05, 4.69) is 5.32 Å². The van der Waals surface area contributed by atoms with Gasteiger partial charge in [-0.3, -0.25) is 4.79 Å².